The summed E-state index contributed by atoms with van der Waals surface area (Å²) in [6.45, 7) is 6.15. The number of amides is 1. The predicted molar refractivity (Wildman–Crippen MR) is 118 cm³/mol. The second kappa shape index (κ2) is 9.54. The number of benzene rings is 2. The number of hydrogen-bond donors (Lipinski definition) is 1. The fourth-order valence-electron chi connectivity index (χ4n) is 2.60. The van der Waals surface area contributed by atoms with Crippen LogP contribution in [0.25, 0.3) is 11.4 Å². The molecule has 0 fully saturated rings. The number of carbonyl (C=O) groups is 1. The lowest BCUT2D eigenvalue weighted by Crippen LogP contribution is -2.23. The van der Waals surface area contributed by atoms with Crippen LogP contribution < -0.4 is 5.32 Å². The van der Waals surface area contributed by atoms with Crippen LogP contribution in [0.5, 0.6) is 0 Å². The molecule has 0 bridgehead atoms. The Balaban J connectivity index is 1.78. The summed E-state index contributed by atoms with van der Waals surface area (Å²) in [4.78, 5) is 12.6. The van der Waals surface area contributed by atoms with Crippen molar-refractivity contribution in [3.05, 3.63) is 71.2 Å². The lowest BCUT2D eigenvalue weighted by Gasteiger charge is -2.13. The van der Waals surface area contributed by atoms with Crippen LogP contribution >= 0.6 is 27.7 Å². The van der Waals surface area contributed by atoms with Gasteiger partial charge in [-0.15, -0.1) is 16.8 Å². The van der Waals surface area contributed by atoms with E-state index in [2.05, 4.69) is 44.1 Å². The first-order valence-electron chi connectivity index (χ1n) is 8.79. The second-order valence-corrected chi connectivity index (χ2v) is 8.38. The maximum Gasteiger partial charge on any atom is 0.237 e. The van der Waals surface area contributed by atoms with Gasteiger partial charge >= 0.3 is 0 Å². The Labute approximate surface area is 181 Å². The van der Waals surface area contributed by atoms with E-state index in [1.807, 2.05) is 28.8 Å². The minimum atomic E-state index is -0.411. The maximum atomic E-state index is 12.6. The smallest absolute Gasteiger partial charge is 0.237 e. The molecule has 0 saturated heterocycles. The summed E-state index contributed by atoms with van der Waals surface area (Å²) in [5.74, 6) is 0.540. The zero-order valence-electron chi connectivity index (χ0n) is 15.7. The van der Waals surface area contributed by atoms with E-state index in [1.165, 1.54) is 11.8 Å². The lowest BCUT2D eigenvalue weighted by atomic mass is 10.2. The molecule has 1 N–H and O–H groups in total. The van der Waals surface area contributed by atoms with Crippen molar-refractivity contribution in [2.75, 3.05) is 5.32 Å². The standard InChI is InChI=1S/C21H18BrN5OS/c1-3-11-27-19(16-7-9-17(22)10-8-16)25-26-21(27)29-14(2)20(28)24-18-6-4-5-15(12-18)13-23/h3-10,12,14H,1,11H2,2H3,(H,24,28). The number of rotatable bonds is 7. The molecule has 1 unspecified atom stereocenters. The monoisotopic (exact) mass is 467 g/mol. The number of nitriles is 1. The van der Waals surface area contributed by atoms with Crippen LogP contribution in [0.2, 0.25) is 0 Å². The van der Waals surface area contributed by atoms with Crippen molar-refractivity contribution in [2.45, 2.75) is 23.9 Å². The predicted octanol–water partition coefficient (Wildman–Crippen LogP) is 4.88. The van der Waals surface area contributed by atoms with E-state index >= 15 is 0 Å². The molecule has 1 atom stereocenters. The van der Waals surface area contributed by atoms with Gasteiger partial charge in [0.2, 0.25) is 5.91 Å². The molecule has 6 nitrogen and oxygen atoms in total. The van der Waals surface area contributed by atoms with E-state index in [-0.39, 0.29) is 5.91 Å². The van der Waals surface area contributed by atoms with Crippen molar-refractivity contribution in [1.82, 2.24) is 14.8 Å². The first-order valence-corrected chi connectivity index (χ1v) is 10.5. The molecule has 8 heteroatoms. The Morgan fingerprint density at radius 3 is 2.79 bits per heavy atom. The summed E-state index contributed by atoms with van der Waals surface area (Å²) >= 11 is 4.75. The van der Waals surface area contributed by atoms with Crippen LogP contribution in [0, 0.1) is 11.3 Å². The summed E-state index contributed by atoms with van der Waals surface area (Å²) in [5, 5.41) is 20.7. The molecule has 0 spiro atoms. The van der Waals surface area contributed by atoms with Crippen LogP contribution in [0.1, 0.15) is 12.5 Å². The molecular formula is C21H18BrN5OS. The number of carbonyl (C=O) groups excluding carboxylic acids is 1. The summed E-state index contributed by atoms with van der Waals surface area (Å²) in [7, 11) is 0. The number of halogens is 1. The van der Waals surface area contributed by atoms with Crippen molar-refractivity contribution in [3.63, 3.8) is 0 Å². The van der Waals surface area contributed by atoms with Gasteiger partial charge in [0.05, 0.1) is 16.9 Å². The Bertz CT molecular complexity index is 1070. The number of aromatic nitrogens is 3. The zero-order chi connectivity index (χ0) is 20.8. The van der Waals surface area contributed by atoms with Gasteiger partial charge in [-0.3, -0.25) is 9.36 Å². The molecule has 1 heterocycles. The summed E-state index contributed by atoms with van der Waals surface area (Å²) in [5.41, 5.74) is 2.01. The van der Waals surface area contributed by atoms with Gasteiger partial charge < -0.3 is 5.32 Å². The van der Waals surface area contributed by atoms with Crippen molar-refractivity contribution < 1.29 is 4.79 Å². The van der Waals surface area contributed by atoms with Crippen LogP contribution in [-0.4, -0.2) is 25.9 Å². The zero-order valence-corrected chi connectivity index (χ0v) is 18.1. The molecule has 29 heavy (non-hydrogen) atoms. The average molecular weight is 468 g/mol. The van der Waals surface area contributed by atoms with Crippen molar-refractivity contribution in [2.24, 2.45) is 0 Å². The van der Waals surface area contributed by atoms with E-state index in [0.717, 1.165) is 10.0 Å². The third kappa shape index (κ3) is 5.13. The number of hydrogen-bond acceptors (Lipinski definition) is 5. The van der Waals surface area contributed by atoms with Gasteiger partial charge in [-0.25, -0.2) is 0 Å². The maximum absolute atomic E-state index is 12.6. The molecule has 0 radical (unpaired) electrons. The summed E-state index contributed by atoms with van der Waals surface area (Å²) < 4.78 is 2.91. The molecule has 3 aromatic rings. The molecule has 0 aliphatic rings. The quantitative estimate of drug-likeness (QED) is 0.395. The molecule has 0 saturated carbocycles. The highest BCUT2D eigenvalue weighted by atomic mass is 79.9. The first-order chi connectivity index (χ1) is 14.0. The Morgan fingerprint density at radius 2 is 2.10 bits per heavy atom. The molecule has 146 valence electrons. The molecular weight excluding hydrogens is 450 g/mol. The molecule has 0 aliphatic carbocycles. The summed E-state index contributed by atoms with van der Waals surface area (Å²) in [6, 6.07) is 16.7. The fourth-order valence-corrected chi connectivity index (χ4v) is 3.73. The highest BCUT2D eigenvalue weighted by Crippen LogP contribution is 2.28. The number of anilines is 1. The number of nitrogens with one attached hydrogen (secondary N) is 1. The van der Waals surface area contributed by atoms with Gasteiger partial charge in [-0.2, -0.15) is 5.26 Å². The minimum Gasteiger partial charge on any atom is -0.325 e. The number of nitrogens with zero attached hydrogens (tertiary/aromatic N) is 4. The van der Waals surface area contributed by atoms with E-state index in [9.17, 15) is 4.79 Å². The average Bonchev–Trinajstić information content (AvgIpc) is 3.11. The topological polar surface area (TPSA) is 83.6 Å². The Kier molecular flexibility index (Phi) is 6.86. The largest absolute Gasteiger partial charge is 0.325 e. The highest BCUT2D eigenvalue weighted by molar-refractivity contribution is 9.10. The fraction of sp³-hybridized carbons (Fsp3) is 0.143. The van der Waals surface area contributed by atoms with Gasteiger partial charge in [0.1, 0.15) is 0 Å². The van der Waals surface area contributed by atoms with Crippen LogP contribution in [0.4, 0.5) is 5.69 Å². The second-order valence-electron chi connectivity index (χ2n) is 6.15. The van der Waals surface area contributed by atoms with Crippen LogP contribution in [0.3, 0.4) is 0 Å². The molecule has 1 aromatic heterocycles. The van der Waals surface area contributed by atoms with Crippen molar-refractivity contribution in [3.8, 4) is 17.5 Å². The number of thioether (sulfide) groups is 1. The van der Waals surface area contributed by atoms with E-state index in [0.29, 0.717) is 28.8 Å². The third-order valence-corrected chi connectivity index (χ3v) is 5.65. The van der Waals surface area contributed by atoms with Gasteiger partial charge in [-0.05, 0) is 37.3 Å². The highest BCUT2D eigenvalue weighted by Gasteiger charge is 2.20. The van der Waals surface area contributed by atoms with Crippen molar-refractivity contribution >= 4 is 39.3 Å². The van der Waals surface area contributed by atoms with Crippen molar-refractivity contribution in [1.29, 1.82) is 5.26 Å². The molecule has 3 rings (SSSR count). The third-order valence-electron chi connectivity index (χ3n) is 4.04. The first kappa shape index (κ1) is 20.8. The molecule has 1 amide bonds. The van der Waals surface area contributed by atoms with Crippen LogP contribution in [0.15, 0.2) is 70.8 Å². The van der Waals surface area contributed by atoms with Gasteiger partial charge in [-0.1, -0.05) is 52.0 Å². The van der Waals surface area contributed by atoms with E-state index in [1.54, 1.807) is 37.3 Å². The van der Waals surface area contributed by atoms with Gasteiger partial charge in [0.15, 0.2) is 11.0 Å². The molecule has 2 aromatic carbocycles. The van der Waals surface area contributed by atoms with E-state index in [4.69, 9.17) is 5.26 Å². The summed E-state index contributed by atoms with van der Waals surface area (Å²) in [6.07, 6.45) is 1.77. The van der Waals surface area contributed by atoms with Crippen LogP contribution in [-0.2, 0) is 11.3 Å². The minimum absolute atomic E-state index is 0.177. The SMILES string of the molecule is C=CCn1c(SC(C)C(=O)Nc2cccc(C#N)c2)nnc1-c1ccc(Br)cc1. The molecule has 0 aliphatic heterocycles. The Morgan fingerprint density at radius 1 is 1.34 bits per heavy atom. The van der Waals surface area contributed by atoms with E-state index < -0.39 is 5.25 Å². The van der Waals surface area contributed by atoms with Gasteiger partial charge in [0, 0.05) is 22.3 Å². The number of allylic oxidation sites excluding steroid dienone is 1. The Hall–Kier alpha value is -2.89. The van der Waals surface area contributed by atoms with Gasteiger partial charge in [0.25, 0.3) is 0 Å². The lowest BCUT2D eigenvalue weighted by molar-refractivity contribution is -0.115. The normalized spacial score (nSPS) is 11.5.